The molecule has 1 aromatic carbocycles. The molecule has 0 amide bonds. The first-order valence-electron chi connectivity index (χ1n) is 5.12. The van der Waals surface area contributed by atoms with Crippen molar-refractivity contribution in [3.63, 3.8) is 0 Å². The lowest BCUT2D eigenvalue weighted by molar-refractivity contribution is -0.142. The highest BCUT2D eigenvalue weighted by Crippen LogP contribution is 2.29. The Bertz CT molecular complexity index is 410. The van der Waals surface area contributed by atoms with Crippen molar-refractivity contribution in [1.29, 1.82) is 0 Å². The van der Waals surface area contributed by atoms with Crippen LogP contribution in [0, 0.1) is 0 Å². The Kier molecular flexibility index (Phi) is 4.19. The van der Waals surface area contributed by atoms with Crippen LogP contribution < -0.4 is 10.9 Å². The Morgan fingerprint density at radius 3 is 2.53 bits per heavy atom. The van der Waals surface area contributed by atoms with E-state index in [4.69, 9.17) is 4.74 Å². The number of carbonyl (C=O) groups is 1. The first kappa shape index (κ1) is 13.0. The highest BCUT2D eigenvalue weighted by Gasteiger charge is 2.39. The lowest BCUT2D eigenvalue weighted by Gasteiger charge is -2.15. The first-order valence-corrected chi connectivity index (χ1v) is 6.83. The van der Waals surface area contributed by atoms with E-state index in [1.807, 2.05) is 24.3 Å². The zero-order valence-corrected chi connectivity index (χ0v) is 12.3. The Hall–Kier alpha value is -0.430. The number of carbonyl (C=O) groups excluding carboxylic acids is 1. The van der Waals surface area contributed by atoms with E-state index in [9.17, 15) is 4.79 Å². The monoisotopic (exact) mass is 362 g/mol. The third kappa shape index (κ3) is 2.70. The van der Waals surface area contributed by atoms with E-state index in [0.29, 0.717) is 0 Å². The van der Waals surface area contributed by atoms with Crippen LogP contribution in [-0.4, -0.2) is 23.9 Å². The number of rotatable bonds is 2. The Morgan fingerprint density at radius 1 is 1.29 bits per heavy atom. The van der Waals surface area contributed by atoms with Gasteiger partial charge >= 0.3 is 5.97 Å². The molecule has 6 heteroatoms. The second-order valence-corrected chi connectivity index (χ2v) is 5.74. The summed E-state index contributed by atoms with van der Waals surface area (Å²) in [7, 11) is 1.39. The molecule has 1 aliphatic heterocycles. The molecule has 17 heavy (non-hydrogen) atoms. The van der Waals surface area contributed by atoms with Gasteiger partial charge in [0.15, 0.2) is 0 Å². The van der Waals surface area contributed by atoms with E-state index >= 15 is 0 Å². The molecule has 1 fully saturated rings. The summed E-state index contributed by atoms with van der Waals surface area (Å²) in [5.74, 6) is -0.279. The quantitative estimate of drug-likeness (QED) is 0.622. The number of esters is 1. The fourth-order valence-electron chi connectivity index (χ4n) is 1.78. The van der Waals surface area contributed by atoms with Gasteiger partial charge in [-0.15, -0.1) is 0 Å². The second-order valence-electron chi connectivity index (χ2n) is 3.76. The molecule has 1 aliphatic rings. The predicted molar refractivity (Wildman–Crippen MR) is 71.7 cm³/mol. The summed E-state index contributed by atoms with van der Waals surface area (Å²) in [5.41, 5.74) is 7.14. The topological polar surface area (TPSA) is 50.4 Å². The summed E-state index contributed by atoms with van der Waals surface area (Å²) >= 11 is 6.92. The van der Waals surface area contributed by atoms with Crippen LogP contribution in [0.15, 0.2) is 28.7 Å². The van der Waals surface area contributed by atoms with E-state index in [2.05, 4.69) is 42.7 Å². The number of halogens is 2. The Balaban J connectivity index is 2.14. The molecule has 2 N–H and O–H groups in total. The molecule has 4 nitrogen and oxygen atoms in total. The van der Waals surface area contributed by atoms with Crippen molar-refractivity contribution >= 4 is 37.8 Å². The highest BCUT2D eigenvalue weighted by molar-refractivity contribution is 9.10. The molecule has 1 saturated heterocycles. The molecule has 0 aliphatic carbocycles. The standard InChI is InChI=1S/C11H12Br2N2O2/c1-17-11(16)10-8(13)9(14-15-10)6-2-4-7(12)5-3-6/h2-5,8-10,14-15H,1H3. The van der Waals surface area contributed by atoms with Crippen LogP contribution >= 0.6 is 31.9 Å². The zero-order chi connectivity index (χ0) is 12.4. The summed E-state index contributed by atoms with van der Waals surface area (Å²) < 4.78 is 5.76. The summed E-state index contributed by atoms with van der Waals surface area (Å²) in [6.07, 6.45) is 0. The summed E-state index contributed by atoms with van der Waals surface area (Å²) in [5, 5.41) is 0. The van der Waals surface area contributed by atoms with Gasteiger partial charge < -0.3 is 4.74 Å². The van der Waals surface area contributed by atoms with Crippen LogP contribution in [0.1, 0.15) is 11.6 Å². The van der Waals surface area contributed by atoms with E-state index in [-0.39, 0.29) is 22.9 Å². The summed E-state index contributed by atoms with van der Waals surface area (Å²) in [4.78, 5) is 11.4. The third-order valence-electron chi connectivity index (χ3n) is 2.72. The maximum atomic E-state index is 11.5. The summed E-state index contributed by atoms with van der Waals surface area (Å²) in [6.45, 7) is 0. The number of alkyl halides is 1. The van der Waals surface area contributed by atoms with E-state index in [1.54, 1.807) is 0 Å². The molecule has 0 aromatic heterocycles. The minimum absolute atomic E-state index is 0.0344. The molecular weight excluding hydrogens is 352 g/mol. The van der Waals surface area contributed by atoms with Crippen LogP contribution in [0.2, 0.25) is 0 Å². The van der Waals surface area contributed by atoms with E-state index < -0.39 is 0 Å². The normalized spacial score (nSPS) is 28.1. The van der Waals surface area contributed by atoms with Gasteiger partial charge in [-0.05, 0) is 17.7 Å². The van der Waals surface area contributed by atoms with Gasteiger partial charge in [0.05, 0.1) is 18.0 Å². The van der Waals surface area contributed by atoms with Crippen molar-refractivity contribution in [2.45, 2.75) is 16.9 Å². The molecule has 1 aromatic rings. The molecule has 0 spiro atoms. The molecule has 2 rings (SSSR count). The van der Waals surface area contributed by atoms with Crippen molar-refractivity contribution < 1.29 is 9.53 Å². The largest absolute Gasteiger partial charge is 0.468 e. The second kappa shape index (κ2) is 5.48. The molecule has 1 heterocycles. The van der Waals surface area contributed by atoms with Crippen LogP contribution in [0.3, 0.4) is 0 Å². The molecule has 92 valence electrons. The van der Waals surface area contributed by atoms with Gasteiger partial charge in [0.2, 0.25) is 0 Å². The maximum Gasteiger partial charge on any atom is 0.325 e. The minimum atomic E-state index is -0.381. The van der Waals surface area contributed by atoms with E-state index in [1.165, 1.54) is 7.11 Å². The average molecular weight is 364 g/mol. The fourth-order valence-corrected chi connectivity index (χ4v) is 2.83. The van der Waals surface area contributed by atoms with Gasteiger partial charge in [-0.1, -0.05) is 44.0 Å². The van der Waals surface area contributed by atoms with Crippen molar-refractivity contribution in [2.24, 2.45) is 0 Å². The number of benzene rings is 1. The van der Waals surface area contributed by atoms with Gasteiger partial charge in [0.25, 0.3) is 0 Å². The number of hydrogen-bond acceptors (Lipinski definition) is 4. The van der Waals surface area contributed by atoms with Gasteiger partial charge in [-0.3, -0.25) is 4.79 Å². The zero-order valence-electron chi connectivity index (χ0n) is 9.11. The van der Waals surface area contributed by atoms with Crippen LogP contribution in [0.25, 0.3) is 0 Å². The van der Waals surface area contributed by atoms with Gasteiger partial charge in [-0.25, -0.2) is 10.9 Å². The van der Waals surface area contributed by atoms with Crippen LogP contribution in [0.5, 0.6) is 0 Å². The molecule has 3 unspecified atom stereocenters. The number of hydrazine groups is 1. The van der Waals surface area contributed by atoms with Gasteiger partial charge in [-0.2, -0.15) is 0 Å². The highest BCUT2D eigenvalue weighted by atomic mass is 79.9. The van der Waals surface area contributed by atoms with Crippen molar-refractivity contribution in [3.05, 3.63) is 34.3 Å². The Morgan fingerprint density at radius 2 is 1.94 bits per heavy atom. The maximum absolute atomic E-state index is 11.5. The van der Waals surface area contributed by atoms with Crippen molar-refractivity contribution in [3.8, 4) is 0 Å². The van der Waals surface area contributed by atoms with Crippen LogP contribution in [-0.2, 0) is 9.53 Å². The first-order chi connectivity index (χ1) is 8.13. The molecular formula is C11H12Br2N2O2. The number of hydrogen-bond donors (Lipinski definition) is 2. The van der Waals surface area contributed by atoms with E-state index in [0.717, 1.165) is 10.0 Å². The SMILES string of the molecule is COC(=O)C1NNC(c2ccc(Br)cc2)C1Br. The lowest BCUT2D eigenvalue weighted by Crippen LogP contribution is -2.39. The third-order valence-corrected chi connectivity index (χ3v) is 4.30. The van der Waals surface area contributed by atoms with Crippen molar-refractivity contribution in [1.82, 2.24) is 10.9 Å². The Labute approximate surface area is 116 Å². The van der Waals surface area contributed by atoms with Gasteiger partial charge in [0, 0.05) is 4.47 Å². The molecule has 0 radical (unpaired) electrons. The predicted octanol–water partition coefficient (Wildman–Crippen LogP) is 1.90. The number of methoxy groups -OCH3 is 1. The smallest absolute Gasteiger partial charge is 0.325 e. The molecule has 0 bridgehead atoms. The summed E-state index contributed by atoms with van der Waals surface area (Å²) in [6, 6.07) is 7.62. The molecule has 0 saturated carbocycles. The van der Waals surface area contributed by atoms with Crippen molar-refractivity contribution in [2.75, 3.05) is 7.11 Å². The lowest BCUT2D eigenvalue weighted by atomic mass is 10.0. The van der Waals surface area contributed by atoms with Gasteiger partial charge in [0.1, 0.15) is 6.04 Å². The average Bonchev–Trinajstić information content (AvgIpc) is 2.71. The number of nitrogens with one attached hydrogen (secondary N) is 2. The number of ether oxygens (including phenoxy) is 1. The fraction of sp³-hybridized carbons (Fsp3) is 0.364. The molecule has 3 atom stereocenters. The minimum Gasteiger partial charge on any atom is -0.468 e. The van der Waals surface area contributed by atoms with Crippen LogP contribution in [0.4, 0.5) is 0 Å².